The molecule has 5 aliphatic rings. The molecule has 6 nitrogen and oxygen atoms in total. The van der Waals surface area contributed by atoms with Crippen LogP contribution in [0.3, 0.4) is 0 Å². The summed E-state index contributed by atoms with van der Waals surface area (Å²) >= 11 is 0. The molecule has 2 saturated carbocycles. The number of benzene rings is 2. The summed E-state index contributed by atoms with van der Waals surface area (Å²) in [4.78, 5) is 17.3. The summed E-state index contributed by atoms with van der Waals surface area (Å²) in [7, 11) is 1.65. The van der Waals surface area contributed by atoms with Gasteiger partial charge in [0.15, 0.2) is 11.5 Å². The second kappa shape index (κ2) is 8.64. The summed E-state index contributed by atoms with van der Waals surface area (Å²) in [6.45, 7) is 1.73. The van der Waals surface area contributed by atoms with E-state index >= 15 is 0 Å². The van der Waals surface area contributed by atoms with Crippen LogP contribution in [0.4, 0.5) is 13.2 Å². The SMILES string of the molecule is CN(C(=O)C#Cc1ccc(C(F)(F)F)cc1)[C@H]1CC[C@@H]2Oc3c(O)ccc4c3[C@@]23CCN(CC2CC2)[C@H](C4)[C@]13O. The van der Waals surface area contributed by atoms with Crippen molar-refractivity contribution >= 4 is 5.91 Å². The molecular formula is C31H31F3N2O4. The van der Waals surface area contributed by atoms with Gasteiger partial charge in [0.1, 0.15) is 11.7 Å². The summed E-state index contributed by atoms with van der Waals surface area (Å²) in [6.07, 6.45) is 0.00732. The Morgan fingerprint density at radius 3 is 2.60 bits per heavy atom. The van der Waals surface area contributed by atoms with Crippen molar-refractivity contribution < 1.29 is 32.9 Å². The Bertz CT molecular complexity index is 1440. The van der Waals surface area contributed by atoms with Crippen molar-refractivity contribution in [3.8, 4) is 23.3 Å². The number of likely N-dealkylation sites (N-methyl/N-ethyl adjacent to an activating group) is 1. The number of phenols is 1. The van der Waals surface area contributed by atoms with Gasteiger partial charge in [-0.25, -0.2) is 0 Å². The summed E-state index contributed by atoms with van der Waals surface area (Å²) in [5.74, 6) is 5.97. The van der Waals surface area contributed by atoms with Crippen molar-refractivity contribution in [3.63, 3.8) is 0 Å². The summed E-state index contributed by atoms with van der Waals surface area (Å²) < 4.78 is 45.1. The molecular weight excluding hydrogens is 521 g/mol. The normalized spacial score (nSPS) is 32.0. The first-order chi connectivity index (χ1) is 19.0. The van der Waals surface area contributed by atoms with Crippen LogP contribution in [0.25, 0.3) is 0 Å². The number of carbonyl (C=O) groups excluding carboxylic acids is 1. The molecule has 210 valence electrons. The lowest BCUT2D eigenvalue weighted by molar-refractivity contribution is -0.217. The highest BCUT2D eigenvalue weighted by Gasteiger charge is 2.74. The van der Waals surface area contributed by atoms with E-state index in [0.29, 0.717) is 42.9 Å². The quantitative estimate of drug-likeness (QED) is 0.566. The Labute approximate surface area is 230 Å². The number of nitrogens with zero attached hydrogens (tertiary/aromatic N) is 2. The number of alkyl halides is 3. The molecule has 0 unspecified atom stereocenters. The van der Waals surface area contributed by atoms with E-state index in [4.69, 9.17) is 4.74 Å². The molecule has 1 spiro atoms. The molecule has 0 radical (unpaired) electrons. The van der Waals surface area contributed by atoms with E-state index in [9.17, 15) is 28.2 Å². The van der Waals surface area contributed by atoms with Crippen LogP contribution in [0.2, 0.25) is 0 Å². The Kier molecular flexibility index (Phi) is 5.56. The average molecular weight is 553 g/mol. The van der Waals surface area contributed by atoms with E-state index in [1.807, 2.05) is 6.07 Å². The molecule has 2 heterocycles. The minimum absolute atomic E-state index is 0.0760. The molecule has 1 saturated heterocycles. The minimum atomic E-state index is -4.44. The van der Waals surface area contributed by atoms with E-state index in [1.54, 1.807) is 13.1 Å². The number of aromatic hydroxyl groups is 1. The average Bonchev–Trinajstić information content (AvgIpc) is 3.67. The Morgan fingerprint density at radius 2 is 1.90 bits per heavy atom. The molecule has 40 heavy (non-hydrogen) atoms. The van der Waals surface area contributed by atoms with Gasteiger partial charge >= 0.3 is 6.18 Å². The van der Waals surface area contributed by atoms with Gasteiger partial charge in [-0.05, 0) is 86.9 Å². The van der Waals surface area contributed by atoms with Gasteiger partial charge in [-0.1, -0.05) is 12.0 Å². The Balaban J connectivity index is 1.25. The number of ether oxygens (including phenoxy) is 1. The van der Waals surface area contributed by atoms with Crippen LogP contribution in [0.15, 0.2) is 36.4 Å². The molecule has 3 fully saturated rings. The van der Waals surface area contributed by atoms with Crippen molar-refractivity contribution in [2.75, 3.05) is 20.1 Å². The number of carbonyl (C=O) groups is 1. The van der Waals surface area contributed by atoms with Crippen LogP contribution in [-0.4, -0.2) is 69.8 Å². The molecule has 9 heteroatoms. The first-order valence-electron chi connectivity index (χ1n) is 14.0. The lowest BCUT2D eigenvalue weighted by Crippen LogP contribution is -2.81. The molecule has 1 amide bonds. The van der Waals surface area contributed by atoms with Crippen molar-refractivity contribution in [3.05, 3.63) is 58.7 Å². The van der Waals surface area contributed by atoms with Gasteiger partial charge in [-0.3, -0.25) is 9.69 Å². The zero-order chi connectivity index (χ0) is 28.0. The number of phenolic OH excluding ortho intramolecular Hbond substituents is 1. The predicted molar refractivity (Wildman–Crippen MR) is 140 cm³/mol. The third-order valence-electron chi connectivity index (χ3n) is 10.1. The van der Waals surface area contributed by atoms with Gasteiger partial charge in [-0.15, -0.1) is 0 Å². The highest BCUT2D eigenvalue weighted by molar-refractivity contribution is 5.94. The van der Waals surface area contributed by atoms with Gasteiger partial charge in [0, 0.05) is 36.7 Å². The lowest BCUT2D eigenvalue weighted by atomic mass is 9.47. The van der Waals surface area contributed by atoms with E-state index in [0.717, 1.165) is 36.3 Å². The van der Waals surface area contributed by atoms with E-state index in [-0.39, 0.29) is 17.9 Å². The van der Waals surface area contributed by atoms with Crippen LogP contribution in [0.5, 0.6) is 11.5 Å². The van der Waals surface area contributed by atoms with Crippen molar-refractivity contribution in [1.82, 2.24) is 9.80 Å². The third kappa shape index (κ3) is 3.55. The molecule has 2 aromatic carbocycles. The topological polar surface area (TPSA) is 73.2 Å². The van der Waals surface area contributed by atoms with Crippen LogP contribution in [0, 0.1) is 17.8 Å². The van der Waals surface area contributed by atoms with Crippen LogP contribution in [-0.2, 0) is 22.8 Å². The van der Waals surface area contributed by atoms with E-state index in [1.165, 1.54) is 29.9 Å². The number of hydrogen-bond donors (Lipinski definition) is 2. The molecule has 5 atom stereocenters. The maximum absolute atomic E-state index is 13.4. The fraction of sp³-hybridized carbons (Fsp3) is 0.516. The van der Waals surface area contributed by atoms with Gasteiger partial charge in [0.05, 0.1) is 17.0 Å². The molecule has 7 rings (SSSR count). The molecule has 2 aromatic rings. The fourth-order valence-corrected chi connectivity index (χ4v) is 8.07. The van der Waals surface area contributed by atoms with Gasteiger partial charge < -0.3 is 19.8 Å². The zero-order valence-electron chi connectivity index (χ0n) is 22.2. The number of piperidine rings is 1. The number of halogens is 3. The number of hydrogen-bond acceptors (Lipinski definition) is 5. The van der Waals surface area contributed by atoms with Crippen molar-refractivity contribution in [2.45, 2.75) is 73.9 Å². The smallest absolute Gasteiger partial charge is 0.416 e. The standard InChI is InChI=1S/C31H31F3N2O4/c1-35(26(38)13-6-18-4-8-21(9-5-18)31(32,33)34)23-11-12-25-29-14-15-36(17-19-2-3-19)24(30(23,29)39)16-20-7-10-22(37)28(40-25)27(20)29/h4-5,7-10,19,23-25,37,39H,2-3,11-12,14-17H2,1H3/t23-,24+,25-,29+,30+/m0/s1. The maximum Gasteiger partial charge on any atom is 0.416 e. The maximum atomic E-state index is 13.4. The predicted octanol–water partition coefficient (Wildman–Crippen LogP) is 3.85. The number of amides is 1. The molecule has 2 aliphatic heterocycles. The van der Waals surface area contributed by atoms with Crippen LogP contribution in [0.1, 0.15) is 54.4 Å². The minimum Gasteiger partial charge on any atom is -0.504 e. The summed E-state index contributed by atoms with van der Waals surface area (Å²) in [6, 6.07) is 7.26. The van der Waals surface area contributed by atoms with Crippen LogP contribution >= 0.6 is 0 Å². The second-order valence-corrected chi connectivity index (χ2v) is 12.1. The second-order valence-electron chi connectivity index (χ2n) is 12.1. The first kappa shape index (κ1) is 25.7. The largest absolute Gasteiger partial charge is 0.504 e. The number of aliphatic hydroxyl groups is 1. The molecule has 0 aromatic heterocycles. The molecule has 2 N–H and O–H groups in total. The molecule has 2 bridgehead atoms. The summed E-state index contributed by atoms with van der Waals surface area (Å²) in [5.41, 5.74) is -0.568. The number of likely N-dealkylation sites (tertiary alicyclic amines) is 1. The van der Waals surface area contributed by atoms with Gasteiger partial charge in [-0.2, -0.15) is 13.2 Å². The van der Waals surface area contributed by atoms with E-state index < -0.39 is 34.7 Å². The van der Waals surface area contributed by atoms with Gasteiger partial charge in [0.2, 0.25) is 0 Å². The Hall–Kier alpha value is -3.22. The van der Waals surface area contributed by atoms with Gasteiger partial charge in [0.25, 0.3) is 5.91 Å². The summed E-state index contributed by atoms with van der Waals surface area (Å²) in [5, 5.41) is 23.7. The zero-order valence-corrected chi connectivity index (χ0v) is 22.2. The third-order valence-corrected chi connectivity index (χ3v) is 10.1. The highest BCUT2D eigenvalue weighted by atomic mass is 19.4. The number of rotatable bonds is 3. The first-order valence-corrected chi connectivity index (χ1v) is 14.0. The lowest BCUT2D eigenvalue weighted by Gasteiger charge is -2.66. The Morgan fingerprint density at radius 1 is 1.15 bits per heavy atom. The monoisotopic (exact) mass is 552 g/mol. The van der Waals surface area contributed by atoms with Crippen LogP contribution < -0.4 is 4.74 Å². The van der Waals surface area contributed by atoms with Crippen molar-refractivity contribution in [2.24, 2.45) is 5.92 Å². The van der Waals surface area contributed by atoms with E-state index in [2.05, 4.69) is 16.7 Å². The fourth-order valence-electron chi connectivity index (χ4n) is 8.07. The highest BCUT2D eigenvalue weighted by Crippen LogP contribution is 2.66. The van der Waals surface area contributed by atoms with Crippen molar-refractivity contribution in [1.29, 1.82) is 0 Å². The molecule has 3 aliphatic carbocycles.